The van der Waals surface area contributed by atoms with E-state index in [1.54, 1.807) is 6.08 Å². The molecule has 7 heteroatoms. The van der Waals surface area contributed by atoms with Crippen LogP contribution in [0.5, 0.6) is 0 Å². The smallest absolute Gasteiger partial charge is 0.331 e. The van der Waals surface area contributed by atoms with Gasteiger partial charge in [-0.3, -0.25) is 4.79 Å². The topological polar surface area (TPSA) is 64.6 Å². The van der Waals surface area contributed by atoms with Crippen molar-refractivity contribution in [1.82, 2.24) is 5.32 Å². The lowest BCUT2D eigenvalue weighted by atomic mass is 10.2. The average molecular weight is 380 g/mol. The monoisotopic (exact) mass is 379 g/mol. The van der Waals surface area contributed by atoms with E-state index < -0.39 is 5.97 Å². The predicted octanol–water partition coefficient (Wildman–Crippen LogP) is 3.41. The molecule has 1 saturated heterocycles. The Kier molecular flexibility index (Phi) is 6.07. The van der Waals surface area contributed by atoms with Crippen molar-refractivity contribution in [2.24, 2.45) is 0 Å². The van der Waals surface area contributed by atoms with Gasteiger partial charge >= 0.3 is 5.97 Å². The molecule has 3 rings (SSSR count). The van der Waals surface area contributed by atoms with Gasteiger partial charge in [0.15, 0.2) is 6.61 Å². The van der Waals surface area contributed by atoms with Crippen molar-refractivity contribution in [3.8, 4) is 0 Å². The number of hydrogen-bond acceptors (Lipinski definition) is 5. The largest absolute Gasteiger partial charge is 0.452 e. The van der Waals surface area contributed by atoms with E-state index in [9.17, 15) is 9.59 Å². The molecule has 0 aliphatic carbocycles. The minimum atomic E-state index is -0.583. The predicted molar refractivity (Wildman–Crippen MR) is 98.8 cm³/mol. The van der Waals surface area contributed by atoms with Crippen LogP contribution < -0.4 is 5.32 Å². The van der Waals surface area contributed by atoms with E-state index >= 15 is 0 Å². The molecule has 1 aromatic heterocycles. The van der Waals surface area contributed by atoms with Crippen LogP contribution in [0, 0.1) is 0 Å². The first-order valence-electron chi connectivity index (χ1n) is 8.03. The Labute approximate surface area is 154 Å². The summed E-state index contributed by atoms with van der Waals surface area (Å²) in [6, 6.07) is 7.76. The average Bonchev–Trinajstić information content (AvgIpc) is 3.25. The van der Waals surface area contributed by atoms with Crippen LogP contribution in [0.2, 0.25) is 5.02 Å². The SMILES string of the molecule is O=C(COC(=O)/C=C/c1sc2ccccc2c1Cl)NC[C@H]1CCCO1. The molecular weight excluding hydrogens is 362 g/mol. The maximum Gasteiger partial charge on any atom is 0.331 e. The van der Waals surface area contributed by atoms with Gasteiger partial charge in [-0.05, 0) is 25.0 Å². The van der Waals surface area contributed by atoms with Gasteiger partial charge in [-0.1, -0.05) is 29.8 Å². The Morgan fingerprint density at radius 1 is 1.40 bits per heavy atom. The second-order valence-corrected chi connectivity index (χ2v) is 7.12. The Balaban J connectivity index is 1.47. The maximum atomic E-state index is 11.8. The van der Waals surface area contributed by atoms with E-state index in [1.807, 2.05) is 24.3 Å². The highest BCUT2D eigenvalue weighted by molar-refractivity contribution is 7.20. The molecule has 2 aromatic rings. The Bertz CT molecular complexity index is 795. The molecule has 1 aliphatic heterocycles. The molecule has 1 fully saturated rings. The summed E-state index contributed by atoms with van der Waals surface area (Å²) in [6.45, 7) is 0.875. The fourth-order valence-corrected chi connectivity index (χ4v) is 3.95. The molecule has 0 radical (unpaired) electrons. The molecule has 1 aliphatic rings. The van der Waals surface area contributed by atoms with Gasteiger partial charge in [0.1, 0.15) is 0 Å². The lowest BCUT2D eigenvalue weighted by Crippen LogP contribution is -2.34. The van der Waals surface area contributed by atoms with Crippen LogP contribution in [0.15, 0.2) is 30.3 Å². The highest BCUT2D eigenvalue weighted by atomic mass is 35.5. The molecule has 1 N–H and O–H groups in total. The molecule has 5 nitrogen and oxygen atoms in total. The Hall–Kier alpha value is -1.89. The summed E-state index contributed by atoms with van der Waals surface area (Å²) in [6.07, 6.45) is 4.91. The van der Waals surface area contributed by atoms with E-state index in [-0.39, 0.29) is 18.6 Å². The zero-order valence-electron chi connectivity index (χ0n) is 13.5. The summed E-state index contributed by atoms with van der Waals surface area (Å²) in [4.78, 5) is 24.2. The Morgan fingerprint density at radius 3 is 3.00 bits per heavy atom. The molecule has 2 heterocycles. The first kappa shape index (κ1) is 17.9. The van der Waals surface area contributed by atoms with E-state index in [0.717, 1.165) is 34.4 Å². The lowest BCUT2D eigenvalue weighted by Gasteiger charge is -2.10. The van der Waals surface area contributed by atoms with Crippen molar-refractivity contribution in [1.29, 1.82) is 0 Å². The zero-order valence-corrected chi connectivity index (χ0v) is 15.1. The van der Waals surface area contributed by atoms with Crippen LogP contribution >= 0.6 is 22.9 Å². The van der Waals surface area contributed by atoms with Crippen LogP contribution in [-0.4, -0.2) is 37.7 Å². The third kappa shape index (κ3) is 4.81. The van der Waals surface area contributed by atoms with Crippen molar-refractivity contribution in [3.63, 3.8) is 0 Å². The first-order chi connectivity index (χ1) is 12.1. The van der Waals surface area contributed by atoms with Crippen molar-refractivity contribution in [2.45, 2.75) is 18.9 Å². The number of thiophene rings is 1. The van der Waals surface area contributed by atoms with E-state index in [4.69, 9.17) is 21.1 Å². The van der Waals surface area contributed by atoms with Gasteiger partial charge in [-0.2, -0.15) is 0 Å². The molecule has 1 amide bonds. The number of carbonyl (C=O) groups excluding carboxylic acids is 2. The van der Waals surface area contributed by atoms with Gasteiger partial charge in [-0.15, -0.1) is 11.3 Å². The number of hydrogen-bond donors (Lipinski definition) is 1. The van der Waals surface area contributed by atoms with Crippen LogP contribution in [-0.2, 0) is 19.1 Å². The van der Waals surface area contributed by atoms with Gasteiger partial charge in [0.2, 0.25) is 0 Å². The number of nitrogens with one attached hydrogen (secondary N) is 1. The standard InChI is InChI=1S/C18H18ClNO4S/c19-18-13-5-1-2-6-14(13)25-15(18)7-8-17(22)24-11-16(21)20-10-12-4-3-9-23-12/h1-2,5-8,12H,3-4,9-11H2,(H,20,21)/b8-7+/t12-/m1/s1. The van der Waals surface area contributed by atoms with Crippen LogP contribution in [0.4, 0.5) is 0 Å². The van der Waals surface area contributed by atoms with E-state index in [0.29, 0.717) is 11.6 Å². The normalized spacial score (nSPS) is 17.2. The maximum absolute atomic E-state index is 11.8. The van der Waals surface area contributed by atoms with Gasteiger partial charge in [0.25, 0.3) is 5.91 Å². The molecule has 1 atom stereocenters. The summed E-state index contributed by atoms with van der Waals surface area (Å²) in [5, 5.41) is 4.26. The van der Waals surface area contributed by atoms with E-state index in [1.165, 1.54) is 17.4 Å². The number of fused-ring (bicyclic) bond motifs is 1. The third-order valence-electron chi connectivity index (χ3n) is 3.83. The second kappa shape index (κ2) is 8.47. The van der Waals surface area contributed by atoms with Crippen LogP contribution in [0.3, 0.4) is 0 Å². The molecule has 0 unspecified atom stereocenters. The van der Waals surface area contributed by atoms with Gasteiger partial charge < -0.3 is 14.8 Å². The summed E-state index contributed by atoms with van der Waals surface area (Å²) < 4.78 is 11.4. The summed E-state index contributed by atoms with van der Waals surface area (Å²) in [7, 11) is 0. The molecule has 132 valence electrons. The number of benzene rings is 1. The molecule has 0 bridgehead atoms. The summed E-state index contributed by atoms with van der Waals surface area (Å²) >= 11 is 7.80. The minimum absolute atomic E-state index is 0.0645. The highest BCUT2D eigenvalue weighted by Crippen LogP contribution is 2.35. The summed E-state index contributed by atoms with van der Waals surface area (Å²) in [5.74, 6) is -0.919. The zero-order chi connectivity index (χ0) is 17.6. The fraction of sp³-hybridized carbons (Fsp3) is 0.333. The number of halogens is 1. The first-order valence-corrected chi connectivity index (χ1v) is 9.23. The summed E-state index contributed by atoms with van der Waals surface area (Å²) in [5.41, 5.74) is 0. The number of ether oxygens (including phenoxy) is 2. The second-order valence-electron chi connectivity index (χ2n) is 5.66. The van der Waals surface area contributed by atoms with Crippen molar-refractivity contribution in [2.75, 3.05) is 19.8 Å². The van der Waals surface area contributed by atoms with Gasteiger partial charge in [0.05, 0.1) is 11.1 Å². The van der Waals surface area contributed by atoms with Crippen molar-refractivity contribution < 1.29 is 19.1 Å². The van der Waals surface area contributed by atoms with Gasteiger partial charge in [-0.25, -0.2) is 4.79 Å². The molecular formula is C18H18ClNO4S. The van der Waals surface area contributed by atoms with Crippen molar-refractivity contribution >= 4 is 51.0 Å². The number of amides is 1. The van der Waals surface area contributed by atoms with E-state index in [2.05, 4.69) is 5.32 Å². The third-order valence-corrected chi connectivity index (χ3v) is 5.48. The van der Waals surface area contributed by atoms with Crippen LogP contribution in [0.25, 0.3) is 16.2 Å². The van der Waals surface area contributed by atoms with Gasteiger partial charge in [0, 0.05) is 34.2 Å². The number of esters is 1. The molecule has 0 spiro atoms. The highest BCUT2D eigenvalue weighted by Gasteiger charge is 2.16. The van der Waals surface area contributed by atoms with Crippen LogP contribution in [0.1, 0.15) is 17.7 Å². The Morgan fingerprint density at radius 2 is 2.24 bits per heavy atom. The molecule has 0 saturated carbocycles. The number of rotatable bonds is 6. The van der Waals surface area contributed by atoms with Crippen molar-refractivity contribution in [3.05, 3.63) is 40.2 Å². The fourth-order valence-electron chi connectivity index (χ4n) is 2.55. The minimum Gasteiger partial charge on any atom is -0.452 e. The molecule has 25 heavy (non-hydrogen) atoms. The lowest BCUT2D eigenvalue weighted by molar-refractivity contribution is -0.143. The quantitative estimate of drug-likeness (QED) is 0.617. The molecule has 1 aromatic carbocycles. The number of carbonyl (C=O) groups is 2.